The number of hydrogen-bond acceptors (Lipinski definition) is 2. The molecule has 2 aromatic rings. The summed E-state index contributed by atoms with van der Waals surface area (Å²) in [4.78, 5) is 13.4. The van der Waals surface area contributed by atoms with Gasteiger partial charge in [-0.3, -0.25) is 9.69 Å². The normalized spacial score (nSPS) is 21.1. The Bertz CT molecular complexity index is 677. The van der Waals surface area contributed by atoms with Crippen LogP contribution < -0.4 is 4.90 Å². The highest BCUT2D eigenvalue weighted by atomic mass is 127. The Kier molecular flexibility index (Phi) is 3.25. The van der Waals surface area contributed by atoms with Gasteiger partial charge in [-0.05, 0) is 40.3 Å². The van der Waals surface area contributed by atoms with Crippen LogP contribution in [0.4, 0.5) is 10.1 Å². The summed E-state index contributed by atoms with van der Waals surface area (Å²) in [6.07, 6.45) is 0. The highest BCUT2D eigenvalue weighted by molar-refractivity contribution is 14.1. The zero-order chi connectivity index (χ0) is 14.3. The van der Waals surface area contributed by atoms with Crippen LogP contribution in [-0.4, -0.2) is 17.8 Å². The van der Waals surface area contributed by atoms with Gasteiger partial charge in [0.2, 0.25) is 0 Å². The molecule has 102 valence electrons. The van der Waals surface area contributed by atoms with Gasteiger partial charge in [-0.25, -0.2) is 4.39 Å². The van der Waals surface area contributed by atoms with Crippen molar-refractivity contribution in [2.45, 2.75) is 5.60 Å². The van der Waals surface area contributed by atoms with E-state index in [9.17, 15) is 14.3 Å². The van der Waals surface area contributed by atoms with Crippen LogP contribution in [0.15, 0.2) is 48.5 Å². The molecule has 0 fully saturated rings. The van der Waals surface area contributed by atoms with Crippen molar-refractivity contribution in [2.24, 2.45) is 0 Å². The molecule has 1 aliphatic heterocycles. The molecule has 1 amide bonds. The average molecular weight is 383 g/mol. The predicted molar refractivity (Wildman–Crippen MR) is 82.1 cm³/mol. The van der Waals surface area contributed by atoms with Crippen molar-refractivity contribution in [3.63, 3.8) is 0 Å². The maximum absolute atomic E-state index is 13.2. The van der Waals surface area contributed by atoms with Crippen LogP contribution in [0, 0.1) is 3.57 Å². The van der Waals surface area contributed by atoms with E-state index in [1.165, 1.54) is 0 Å². The van der Waals surface area contributed by atoms with Crippen LogP contribution in [0.1, 0.15) is 11.1 Å². The highest BCUT2D eigenvalue weighted by Crippen LogP contribution is 2.44. The van der Waals surface area contributed by atoms with E-state index in [0.717, 1.165) is 8.47 Å². The molecule has 0 saturated carbocycles. The molecule has 1 atom stereocenters. The summed E-state index contributed by atoms with van der Waals surface area (Å²) >= 11 is 2.09. The number of alkyl halides is 1. The molecule has 1 unspecified atom stereocenters. The van der Waals surface area contributed by atoms with Gasteiger partial charge in [-0.2, -0.15) is 0 Å². The van der Waals surface area contributed by atoms with Crippen LogP contribution in [-0.2, 0) is 10.4 Å². The quantitative estimate of drug-likeness (QED) is 0.640. The maximum atomic E-state index is 13.2. The molecule has 0 spiro atoms. The van der Waals surface area contributed by atoms with Gasteiger partial charge in [0.25, 0.3) is 5.91 Å². The lowest BCUT2D eigenvalue weighted by Crippen LogP contribution is -2.40. The molecule has 0 aromatic heterocycles. The molecule has 20 heavy (non-hydrogen) atoms. The van der Waals surface area contributed by atoms with Gasteiger partial charge in [0.05, 0.1) is 5.69 Å². The van der Waals surface area contributed by atoms with E-state index in [2.05, 4.69) is 22.6 Å². The van der Waals surface area contributed by atoms with E-state index < -0.39 is 18.3 Å². The van der Waals surface area contributed by atoms with Gasteiger partial charge in [0.15, 0.2) is 12.4 Å². The summed E-state index contributed by atoms with van der Waals surface area (Å²) in [5.41, 5.74) is -0.515. The van der Waals surface area contributed by atoms with Gasteiger partial charge >= 0.3 is 0 Å². The SMILES string of the molecule is O=C1N(CF)c2cc(I)ccc2C1(O)c1ccccc1. The number of halogens is 2. The Morgan fingerprint density at radius 2 is 1.90 bits per heavy atom. The smallest absolute Gasteiger partial charge is 0.270 e. The Labute approximate surface area is 129 Å². The minimum Gasteiger partial charge on any atom is -0.372 e. The Morgan fingerprint density at radius 1 is 1.20 bits per heavy atom. The van der Waals surface area contributed by atoms with Crippen LogP contribution >= 0.6 is 22.6 Å². The second kappa shape index (κ2) is 4.82. The summed E-state index contributed by atoms with van der Waals surface area (Å²) in [5.74, 6) is -0.650. The summed E-state index contributed by atoms with van der Waals surface area (Å²) in [6, 6.07) is 13.8. The van der Waals surface area contributed by atoms with Gasteiger partial charge in [0.1, 0.15) is 0 Å². The predicted octanol–water partition coefficient (Wildman–Crippen LogP) is 2.80. The van der Waals surface area contributed by atoms with Crippen LogP contribution in [0.5, 0.6) is 0 Å². The minimum absolute atomic E-state index is 0.423. The first-order valence-corrected chi connectivity index (χ1v) is 7.12. The molecule has 0 bridgehead atoms. The molecular weight excluding hydrogens is 372 g/mol. The van der Waals surface area contributed by atoms with Crippen LogP contribution in [0.3, 0.4) is 0 Å². The zero-order valence-electron chi connectivity index (χ0n) is 10.4. The number of carbonyl (C=O) groups excluding carboxylic acids is 1. The van der Waals surface area contributed by atoms with Crippen molar-refractivity contribution in [1.82, 2.24) is 0 Å². The maximum Gasteiger partial charge on any atom is 0.270 e. The number of benzene rings is 2. The lowest BCUT2D eigenvalue weighted by molar-refractivity contribution is -0.132. The molecule has 0 saturated heterocycles. The molecule has 0 radical (unpaired) electrons. The lowest BCUT2D eigenvalue weighted by Gasteiger charge is -2.22. The molecular formula is C15H11FINO2. The Balaban J connectivity index is 2.26. The number of anilines is 1. The van der Waals surface area contributed by atoms with E-state index in [-0.39, 0.29) is 0 Å². The number of aliphatic hydroxyl groups is 1. The van der Waals surface area contributed by atoms with Crippen molar-refractivity contribution < 1.29 is 14.3 Å². The van der Waals surface area contributed by atoms with Crippen molar-refractivity contribution in [1.29, 1.82) is 0 Å². The van der Waals surface area contributed by atoms with E-state index in [4.69, 9.17) is 0 Å². The fourth-order valence-corrected chi connectivity index (χ4v) is 3.01. The van der Waals surface area contributed by atoms with Crippen molar-refractivity contribution in [3.8, 4) is 0 Å². The van der Waals surface area contributed by atoms with Gasteiger partial charge < -0.3 is 5.11 Å². The number of nitrogens with zero attached hydrogens (tertiary/aromatic N) is 1. The Morgan fingerprint density at radius 3 is 2.55 bits per heavy atom. The van der Waals surface area contributed by atoms with Crippen molar-refractivity contribution >= 4 is 34.2 Å². The third kappa shape index (κ3) is 1.76. The van der Waals surface area contributed by atoms with E-state index in [0.29, 0.717) is 16.8 Å². The Hall–Kier alpha value is -1.47. The molecule has 1 aliphatic rings. The van der Waals surface area contributed by atoms with Crippen LogP contribution in [0.25, 0.3) is 0 Å². The fraction of sp³-hybridized carbons (Fsp3) is 0.133. The standard InChI is InChI=1S/C15H11FINO2/c16-9-18-13-8-11(17)6-7-12(13)15(20,14(18)19)10-4-2-1-3-5-10/h1-8,20H,9H2. The van der Waals surface area contributed by atoms with Gasteiger partial charge in [0, 0.05) is 9.13 Å². The lowest BCUT2D eigenvalue weighted by atomic mass is 9.88. The minimum atomic E-state index is -1.81. The fourth-order valence-electron chi connectivity index (χ4n) is 2.53. The zero-order valence-corrected chi connectivity index (χ0v) is 12.5. The van der Waals surface area contributed by atoms with Crippen molar-refractivity contribution in [2.75, 3.05) is 11.7 Å². The first-order valence-electron chi connectivity index (χ1n) is 6.05. The number of fused-ring (bicyclic) bond motifs is 1. The topological polar surface area (TPSA) is 40.5 Å². The van der Waals surface area contributed by atoms with Crippen molar-refractivity contribution in [3.05, 3.63) is 63.2 Å². The average Bonchev–Trinajstić information content (AvgIpc) is 2.68. The highest BCUT2D eigenvalue weighted by Gasteiger charge is 2.51. The molecule has 1 heterocycles. The number of hydrogen-bond donors (Lipinski definition) is 1. The second-order valence-corrected chi connectivity index (χ2v) is 5.84. The second-order valence-electron chi connectivity index (χ2n) is 4.59. The number of amides is 1. The van der Waals surface area contributed by atoms with Gasteiger partial charge in [-0.1, -0.05) is 36.4 Å². The molecule has 2 aromatic carbocycles. The number of carbonyl (C=O) groups is 1. The summed E-state index contributed by atoms with van der Waals surface area (Å²) in [7, 11) is 0. The molecule has 3 nitrogen and oxygen atoms in total. The van der Waals surface area contributed by atoms with Gasteiger partial charge in [-0.15, -0.1) is 0 Å². The van der Waals surface area contributed by atoms with E-state index in [1.54, 1.807) is 48.5 Å². The molecule has 5 heteroatoms. The van der Waals surface area contributed by atoms with E-state index >= 15 is 0 Å². The third-order valence-corrected chi connectivity index (χ3v) is 4.18. The molecule has 0 aliphatic carbocycles. The number of rotatable bonds is 2. The monoisotopic (exact) mass is 383 g/mol. The first kappa shape index (κ1) is 13.5. The first-order chi connectivity index (χ1) is 9.59. The summed E-state index contributed by atoms with van der Waals surface area (Å²) in [5, 5.41) is 10.9. The summed E-state index contributed by atoms with van der Waals surface area (Å²) in [6.45, 7) is -0.957. The molecule has 1 N–H and O–H groups in total. The summed E-state index contributed by atoms with van der Waals surface area (Å²) < 4.78 is 14.1. The third-order valence-electron chi connectivity index (χ3n) is 3.51. The van der Waals surface area contributed by atoms with Crippen LogP contribution in [0.2, 0.25) is 0 Å². The molecule has 3 rings (SSSR count). The van der Waals surface area contributed by atoms with E-state index in [1.807, 2.05) is 0 Å². The largest absolute Gasteiger partial charge is 0.372 e.